The molecule has 4 nitrogen and oxygen atoms in total. The number of fused-ring (bicyclic) bond motifs is 1. The highest BCUT2D eigenvalue weighted by molar-refractivity contribution is 9.10. The molecular formula is C17H9BrFN3OS. The molecule has 2 aromatic heterocycles. The summed E-state index contributed by atoms with van der Waals surface area (Å²) in [7, 11) is 0. The molecule has 2 heterocycles. The summed E-state index contributed by atoms with van der Waals surface area (Å²) in [5.41, 5.74) is 1.21. The molecule has 0 unspecified atom stereocenters. The van der Waals surface area contributed by atoms with E-state index in [0.29, 0.717) is 20.9 Å². The Kier molecular flexibility index (Phi) is 3.74. The van der Waals surface area contributed by atoms with E-state index in [4.69, 9.17) is 0 Å². The Bertz CT molecular complexity index is 1150. The fourth-order valence-corrected chi connectivity index (χ4v) is 3.47. The van der Waals surface area contributed by atoms with E-state index in [-0.39, 0.29) is 11.4 Å². The monoisotopic (exact) mass is 401 g/mol. The van der Waals surface area contributed by atoms with Crippen LogP contribution in [-0.4, -0.2) is 14.6 Å². The zero-order valence-electron chi connectivity index (χ0n) is 12.1. The average molecular weight is 402 g/mol. The topological polar surface area (TPSA) is 47.3 Å². The smallest absolute Gasteiger partial charge is 0.266 e. The number of hydrogen-bond donors (Lipinski definition) is 0. The van der Waals surface area contributed by atoms with E-state index < -0.39 is 0 Å². The molecule has 0 fully saturated rings. The number of aromatic nitrogens is 3. The third-order valence-corrected chi connectivity index (χ3v) is 4.92. The second-order valence-electron chi connectivity index (χ2n) is 5.11. The molecule has 0 saturated heterocycles. The third-order valence-electron chi connectivity index (χ3n) is 3.43. The highest BCUT2D eigenvalue weighted by Crippen LogP contribution is 2.19. The first-order valence-electron chi connectivity index (χ1n) is 7.03. The van der Waals surface area contributed by atoms with E-state index in [2.05, 4.69) is 26.0 Å². The van der Waals surface area contributed by atoms with Crippen LogP contribution in [0.5, 0.6) is 0 Å². The molecule has 0 N–H and O–H groups in total. The number of thiazole rings is 1. The second kappa shape index (κ2) is 5.92. The van der Waals surface area contributed by atoms with Crippen molar-refractivity contribution in [2.75, 3.05) is 0 Å². The normalized spacial score (nSPS) is 12.2. The number of hydrogen-bond acceptors (Lipinski definition) is 4. The minimum Gasteiger partial charge on any atom is -0.266 e. The summed E-state index contributed by atoms with van der Waals surface area (Å²) in [6.45, 7) is 0. The van der Waals surface area contributed by atoms with E-state index in [1.165, 1.54) is 28.0 Å². The van der Waals surface area contributed by atoms with Gasteiger partial charge in [0.2, 0.25) is 4.96 Å². The molecule has 0 bridgehead atoms. The lowest BCUT2D eigenvalue weighted by Gasteiger charge is -1.94. The first-order chi connectivity index (χ1) is 11.6. The summed E-state index contributed by atoms with van der Waals surface area (Å²) < 4.78 is 16.0. The zero-order valence-corrected chi connectivity index (χ0v) is 14.5. The lowest BCUT2D eigenvalue weighted by Crippen LogP contribution is -2.23. The maximum Gasteiger partial charge on any atom is 0.291 e. The SMILES string of the molecule is O=c1c(=Cc2cccc(F)c2)sc2nc(-c3ccc(Br)cc3)nn12. The Morgan fingerprint density at radius 1 is 1.17 bits per heavy atom. The molecule has 0 atom stereocenters. The van der Waals surface area contributed by atoms with E-state index in [0.717, 1.165) is 10.0 Å². The molecule has 4 aromatic rings. The largest absolute Gasteiger partial charge is 0.291 e. The van der Waals surface area contributed by atoms with Crippen molar-refractivity contribution in [1.82, 2.24) is 14.6 Å². The maximum absolute atomic E-state index is 13.3. The van der Waals surface area contributed by atoms with Gasteiger partial charge in [0, 0.05) is 10.0 Å². The Hall–Kier alpha value is -2.38. The third kappa shape index (κ3) is 2.76. The zero-order chi connectivity index (χ0) is 16.7. The molecule has 0 spiro atoms. The molecule has 4 rings (SSSR count). The summed E-state index contributed by atoms with van der Waals surface area (Å²) in [4.78, 5) is 17.4. The minimum atomic E-state index is -0.340. The highest BCUT2D eigenvalue weighted by Gasteiger charge is 2.11. The van der Waals surface area contributed by atoms with E-state index in [9.17, 15) is 9.18 Å². The van der Waals surface area contributed by atoms with Gasteiger partial charge in [-0.3, -0.25) is 4.79 Å². The fourth-order valence-electron chi connectivity index (χ4n) is 2.30. The number of rotatable bonds is 2. The van der Waals surface area contributed by atoms with Crippen LogP contribution in [0.3, 0.4) is 0 Å². The summed E-state index contributed by atoms with van der Waals surface area (Å²) in [6.07, 6.45) is 1.64. The van der Waals surface area contributed by atoms with E-state index >= 15 is 0 Å². The van der Waals surface area contributed by atoms with Crippen molar-refractivity contribution >= 4 is 38.3 Å². The standard InChI is InChI=1S/C17H9BrFN3OS/c18-12-6-4-11(5-7-12)15-20-17-22(21-15)16(23)14(24-17)9-10-2-1-3-13(19)8-10/h1-9H. The molecular weight excluding hydrogens is 393 g/mol. The molecule has 0 radical (unpaired) electrons. The number of halogens is 2. The maximum atomic E-state index is 13.3. The lowest BCUT2D eigenvalue weighted by atomic mass is 10.2. The van der Waals surface area contributed by atoms with Gasteiger partial charge in [0.1, 0.15) is 5.82 Å². The lowest BCUT2D eigenvalue weighted by molar-refractivity contribution is 0.627. The number of benzene rings is 2. The average Bonchev–Trinajstić information content (AvgIpc) is 3.09. The van der Waals surface area contributed by atoms with Crippen molar-refractivity contribution in [2.45, 2.75) is 0 Å². The predicted octanol–water partition coefficient (Wildman–Crippen LogP) is 3.27. The Morgan fingerprint density at radius 3 is 2.67 bits per heavy atom. The van der Waals surface area contributed by atoms with Crippen LogP contribution in [0.4, 0.5) is 4.39 Å². The van der Waals surface area contributed by atoms with E-state index in [1.54, 1.807) is 18.2 Å². The van der Waals surface area contributed by atoms with Crippen LogP contribution in [0.15, 0.2) is 57.8 Å². The van der Waals surface area contributed by atoms with Gasteiger partial charge in [-0.1, -0.05) is 51.5 Å². The van der Waals surface area contributed by atoms with Crippen molar-refractivity contribution in [2.24, 2.45) is 0 Å². The van der Waals surface area contributed by atoms with Crippen LogP contribution in [-0.2, 0) is 0 Å². The molecule has 118 valence electrons. The van der Waals surface area contributed by atoms with Gasteiger partial charge < -0.3 is 0 Å². The number of nitrogens with zero attached hydrogens (tertiary/aromatic N) is 3. The molecule has 24 heavy (non-hydrogen) atoms. The van der Waals surface area contributed by atoms with Crippen molar-refractivity contribution < 1.29 is 4.39 Å². The first-order valence-corrected chi connectivity index (χ1v) is 8.64. The Balaban J connectivity index is 1.81. The van der Waals surface area contributed by atoms with Crippen molar-refractivity contribution in [3.05, 3.63) is 79.3 Å². The van der Waals surface area contributed by atoms with E-state index in [1.807, 2.05) is 24.3 Å². The van der Waals surface area contributed by atoms with Gasteiger partial charge in [-0.2, -0.15) is 9.50 Å². The Morgan fingerprint density at radius 2 is 1.96 bits per heavy atom. The van der Waals surface area contributed by atoms with Crippen molar-refractivity contribution in [3.63, 3.8) is 0 Å². The minimum absolute atomic E-state index is 0.255. The van der Waals surface area contributed by atoms with Gasteiger partial charge in [-0.05, 0) is 35.9 Å². The quantitative estimate of drug-likeness (QED) is 0.517. The first kappa shape index (κ1) is 15.2. The summed E-state index contributed by atoms with van der Waals surface area (Å²) in [6, 6.07) is 13.6. The summed E-state index contributed by atoms with van der Waals surface area (Å²) in [5.74, 6) is 0.163. The Labute approximate surface area is 148 Å². The molecule has 0 aliphatic rings. The molecule has 2 aromatic carbocycles. The van der Waals surface area contributed by atoms with Crippen LogP contribution >= 0.6 is 27.3 Å². The van der Waals surface area contributed by atoms with Crippen LogP contribution in [0.1, 0.15) is 5.56 Å². The van der Waals surface area contributed by atoms with Crippen molar-refractivity contribution in [1.29, 1.82) is 0 Å². The second-order valence-corrected chi connectivity index (χ2v) is 7.03. The van der Waals surface area contributed by atoms with Crippen LogP contribution < -0.4 is 10.1 Å². The van der Waals surface area contributed by atoms with Gasteiger partial charge in [0.15, 0.2) is 5.82 Å². The van der Waals surface area contributed by atoms with Crippen LogP contribution in [0, 0.1) is 5.82 Å². The molecule has 0 saturated carbocycles. The van der Waals surface area contributed by atoms with Crippen molar-refractivity contribution in [3.8, 4) is 11.4 Å². The highest BCUT2D eigenvalue weighted by atomic mass is 79.9. The summed E-state index contributed by atoms with van der Waals surface area (Å²) in [5, 5.41) is 4.29. The van der Waals surface area contributed by atoms with Crippen LogP contribution in [0.25, 0.3) is 22.4 Å². The van der Waals surface area contributed by atoms with Gasteiger partial charge in [-0.15, -0.1) is 5.10 Å². The summed E-state index contributed by atoms with van der Waals surface area (Å²) >= 11 is 4.61. The van der Waals surface area contributed by atoms with Crippen LogP contribution in [0.2, 0.25) is 0 Å². The van der Waals surface area contributed by atoms with Gasteiger partial charge >= 0.3 is 0 Å². The fraction of sp³-hybridized carbons (Fsp3) is 0. The molecule has 7 heteroatoms. The van der Waals surface area contributed by atoms with Gasteiger partial charge in [-0.25, -0.2) is 4.39 Å². The molecule has 0 aliphatic heterocycles. The molecule has 0 amide bonds. The molecule has 0 aliphatic carbocycles. The predicted molar refractivity (Wildman–Crippen MR) is 95.5 cm³/mol. The van der Waals surface area contributed by atoms with Gasteiger partial charge in [0.05, 0.1) is 4.53 Å². The van der Waals surface area contributed by atoms with Gasteiger partial charge in [0.25, 0.3) is 5.56 Å².